The molecule has 0 radical (unpaired) electrons. The molecule has 1 aromatic heterocycles. The molecule has 1 aliphatic rings. The fourth-order valence-electron chi connectivity index (χ4n) is 4.07. The van der Waals surface area contributed by atoms with Crippen LogP contribution >= 0.6 is 0 Å². The number of hydrogen-bond acceptors (Lipinski definition) is 1. The summed E-state index contributed by atoms with van der Waals surface area (Å²) >= 11 is 0. The molecule has 3 aromatic carbocycles. The minimum absolute atomic E-state index is 1.08. The summed E-state index contributed by atoms with van der Waals surface area (Å²) in [5, 5.41) is 1.30. The van der Waals surface area contributed by atoms with Crippen LogP contribution in [-0.2, 0) is 0 Å². The molecule has 0 atom stereocenters. The predicted molar refractivity (Wildman–Crippen MR) is 116 cm³/mol. The summed E-state index contributed by atoms with van der Waals surface area (Å²) in [7, 11) is 0. The highest BCUT2D eigenvalue weighted by Gasteiger charge is 2.18. The van der Waals surface area contributed by atoms with Gasteiger partial charge in [-0.05, 0) is 66.3 Å². The summed E-state index contributed by atoms with van der Waals surface area (Å²) in [5.74, 6) is 0. The first-order chi connectivity index (χ1) is 13.1. The molecule has 0 saturated heterocycles. The monoisotopic (exact) mass is 347 g/mol. The molecule has 0 fully saturated rings. The molecular formula is C26H21N. The first kappa shape index (κ1) is 16.0. The first-order valence-electron chi connectivity index (χ1n) is 9.41. The average Bonchev–Trinajstić information content (AvgIpc) is 3.14. The molecule has 1 heteroatoms. The molecular weight excluding hydrogens is 326 g/mol. The fourth-order valence-corrected chi connectivity index (χ4v) is 4.07. The van der Waals surface area contributed by atoms with E-state index >= 15 is 0 Å². The molecule has 0 N–H and O–H groups in total. The lowest BCUT2D eigenvalue weighted by Gasteiger charge is -2.13. The van der Waals surface area contributed by atoms with E-state index < -0.39 is 0 Å². The van der Waals surface area contributed by atoms with E-state index in [1.165, 1.54) is 49.9 Å². The van der Waals surface area contributed by atoms with Crippen LogP contribution in [0.15, 0.2) is 60.7 Å². The lowest BCUT2D eigenvalue weighted by molar-refractivity contribution is 1.31. The van der Waals surface area contributed by atoms with E-state index in [2.05, 4.69) is 93.6 Å². The van der Waals surface area contributed by atoms with Crippen LogP contribution in [-0.4, -0.2) is 4.98 Å². The van der Waals surface area contributed by atoms with Crippen molar-refractivity contribution in [3.8, 4) is 22.4 Å². The van der Waals surface area contributed by atoms with Gasteiger partial charge in [-0.1, -0.05) is 66.2 Å². The summed E-state index contributed by atoms with van der Waals surface area (Å²) in [6, 6.07) is 21.7. The number of hydrogen-bond donors (Lipinski definition) is 0. The standard InChI is InChI=1S/C26H21N/c1-16-7-10-19(11-8-16)20-5-4-6-21(15-20)26-18(3)23-13-12-22-17(2)9-14-24(27-26)25(22)23/h4-15H,1-3H3. The van der Waals surface area contributed by atoms with E-state index in [0.29, 0.717) is 0 Å². The van der Waals surface area contributed by atoms with Gasteiger partial charge in [0.15, 0.2) is 0 Å². The van der Waals surface area contributed by atoms with Crippen molar-refractivity contribution in [1.82, 2.24) is 4.98 Å². The summed E-state index contributed by atoms with van der Waals surface area (Å²) in [5.41, 5.74) is 12.3. The van der Waals surface area contributed by atoms with Crippen LogP contribution < -0.4 is 0 Å². The molecule has 0 saturated carbocycles. The Morgan fingerprint density at radius 1 is 0.667 bits per heavy atom. The van der Waals surface area contributed by atoms with Crippen LogP contribution in [0.5, 0.6) is 0 Å². The molecule has 130 valence electrons. The Bertz CT molecular complexity index is 1230. The van der Waals surface area contributed by atoms with E-state index in [0.717, 1.165) is 11.2 Å². The van der Waals surface area contributed by atoms with Crippen molar-refractivity contribution in [3.63, 3.8) is 0 Å². The van der Waals surface area contributed by atoms with Gasteiger partial charge in [-0.25, -0.2) is 4.98 Å². The Labute approximate surface area is 160 Å². The molecule has 1 nitrogen and oxygen atoms in total. The Morgan fingerprint density at radius 2 is 1.41 bits per heavy atom. The van der Waals surface area contributed by atoms with E-state index in [1.807, 2.05) is 0 Å². The second-order valence-corrected chi connectivity index (χ2v) is 7.47. The highest BCUT2D eigenvalue weighted by molar-refractivity contribution is 6.06. The smallest absolute Gasteiger partial charge is 0.0745 e. The van der Waals surface area contributed by atoms with Crippen molar-refractivity contribution in [1.29, 1.82) is 0 Å². The summed E-state index contributed by atoms with van der Waals surface area (Å²) in [6.07, 6.45) is 4.48. The van der Waals surface area contributed by atoms with Crippen LogP contribution in [0.2, 0.25) is 0 Å². The number of pyridine rings is 1. The van der Waals surface area contributed by atoms with Gasteiger partial charge in [0.05, 0.1) is 11.2 Å². The Balaban J connectivity index is 1.70. The van der Waals surface area contributed by atoms with Crippen molar-refractivity contribution >= 4 is 23.1 Å². The molecule has 27 heavy (non-hydrogen) atoms. The van der Waals surface area contributed by atoms with Gasteiger partial charge in [-0.3, -0.25) is 0 Å². The molecule has 0 bridgehead atoms. The van der Waals surface area contributed by atoms with Gasteiger partial charge in [0, 0.05) is 10.9 Å². The van der Waals surface area contributed by atoms with Crippen LogP contribution in [0.25, 0.3) is 45.4 Å². The third-order valence-electron chi connectivity index (χ3n) is 5.64. The van der Waals surface area contributed by atoms with Gasteiger partial charge >= 0.3 is 0 Å². The number of nitrogens with zero attached hydrogens (tertiary/aromatic N) is 1. The van der Waals surface area contributed by atoms with Gasteiger partial charge in [-0.15, -0.1) is 0 Å². The molecule has 0 aliphatic heterocycles. The van der Waals surface area contributed by atoms with E-state index in [-0.39, 0.29) is 0 Å². The van der Waals surface area contributed by atoms with Gasteiger partial charge < -0.3 is 0 Å². The van der Waals surface area contributed by atoms with Crippen molar-refractivity contribution in [2.45, 2.75) is 20.8 Å². The summed E-state index contributed by atoms with van der Waals surface area (Å²) in [4.78, 5) is 5.06. The van der Waals surface area contributed by atoms with Gasteiger partial charge in [0.25, 0.3) is 0 Å². The third kappa shape index (κ3) is 2.50. The van der Waals surface area contributed by atoms with Crippen LogP contribution in [0.1, 0.15) is 27.8 Å². The highest BCUT2D eigenvalue weighted by Crippen LogP contribution is 2.38. The number of benzene rings is 3. The fraction of sp³-hybridized carbons (Fsp3) is 0.115. The normalized spacial score (nSPS) is 12.1. The first-order valence-corrected chi connectivity index (χ1v) is 9.41. The molecule has 0 unspecified atom stereocenters. The Morgan fingerprint density at radius 3 is 2.22 bits per heavy atom. The maximum Gasteiger partial charge on any atom is 0.0745 e. The maximum absolute atomic E-state index is 5.06. The zero-order valence-corrected chi connectivity index (χ0v) is 15.9. The number of aromatic nitrogens is 1. The molecule has 4 aromatic rings. The number of aryl methyl sites for hydroxylation is 2. The lowest BCUT2D eigenvalue weighted by Crippen LogP contribution is -1.95. The minimum Gasteiger partial charge on any atom is -0.247 e. The largest absolute Gasteiger partial charge is 0.247 e. The second-order valence-electron chi connectivity index (χ2n) is 7.47. The van der Waals surface area contributed by atoms with E-state index in [1.54, 1.807) is 0 Å². The molecule has 0 amide bonds. The summed E-state index contributed by atoms with van der Waals surface area (Å²) < 4.78 is 0. The third-order valence-corrected chi connectivity index (χ3v) is 5.64. The highest BCUT2D eigenvalue weighted by atomic mass is 14.7. The SMILES string of the molecule is Cc1ccc(-c2cccc(-c3nc4ccc(C)c5c4c(c3C)C=C5)c2)cc1. The Kier molecular flexibility index (Phi) is 3.51. The quantitative estimate of drug-likeness (QED) is 0.336. The summed E-state index contributed by atoms with van der Waals surface area (Å²) in [6.45, 7) is 6.48. The molecule has 0 spiro atoms. The van der Waals surface area contributed by atoms with Gasteiger partial charge in [0.2, 0.25) is 0 Å². The lowest BCUT2D eigenvalue weighted by atomic mass is 9.95. The zero-order chi connectivity index (χ0) is 18.5. The predicted octanol–water partition coefficient (Wildman–Crippen LogP) is 6.98. The van der Waals surface area contributed by atoms with Crippen molar-refractivity contribution in [3.05, 3.63) is 88.5 Å². The van der Waals surface area contributed by atoms with Crippen LogP contribution in [0, 0.1) is 20.8 Å². The molecule has 1 aliphatic carbocycles. The minimum atomic E-state index is 1.08. The average molecular weight is 347 g/mol. The van der Waals surface area contributed by atoms with E-state index in [4.69, 9.17) is 4.98 Å². The Hall–Kier alpha value is -3.19. The second kappa shape index (κ2) is 5.92. The number of rotatable bonds is 2. The van der Waals surface area contributed by atoms with Crippen LogP contribution in [0.3, 0.4) is 0 Å². The molecule has 5 rings (SSSR count). The molecule has 1 heterocycles. The van der Waals surface area contributed by atoms with Gasteiger partial charge in [-0.2, -0.15) is 0 Å². The van der Waals surface area contributed by atoms with Crippen molar-refractivity contribution in [2.75, 3.05) is 0 Å². The van der Waals surface area contributed by atoms with E-state index in [9.17, 15) is 0 Å². The topological polar surface area (TPSA) is 12.9 Å². The van der Waals surface area contributed by atoms with Crippen molar-refractivity contribution in [2.24, 2.45) is 0 Å². The van der Waals surface area contributed by atoms with Gasteiger partial charge in [0.1, 0.15) is 0 Å². The van der Waals surface area contributed by atoms with Crippen LogP contribution in [0.4, 0.5) is 0 Å². The zero-order valence-electron chi connectivity index (χ0n) is 15.9. The maximum atomic E-state index is 5.06. The van der Waals surface area contributed by atoms with Crippen molar-refractivity contribution < 1.29 is 0 Å².